The fourth-order valence-corrected chi connectivity index (χ4v) is 3.60. The summed E-state index contributed by atoms with van der Waals surface area (Å²) in [4.78, 5) is 38.8. The van der Waals surface area contributed by atoms with Crippen LogP contribution in [0, 0.1) is 6.92 Å². The van der Waals surface area contributed by atoms with Crippen molar-refractivity contribution in [3.05, 3.63) is 62.4 Å². The van der Waals surface area contributed by atoms with Gasteiger partial charge in [-0.1, -0.05) is 6.42 Å². The van der Waals surface area contributed by atoms with Crippen molar-refractivity contribution in [2.24, 2.45) is 7.05 Å². The molecule has 1 unspecified atom stereocenters. The van der Waals surface area contributed by atoms with Gasteiger partial charge in [0.2, 0.25) is 0 Å². The maximum absolute atomic E-state index is 12.4. The molecular formula is C20H27N5O3. The number of likely N-dealkylation sites (tertiary alicyclic amines) is 1. The Morgan fingerprint density at radius 2 is 2.04 bits per heavy atom. The number of aromatic nitrogens is 3. The molecule has 3 heterocycles. The molecule has 8 heteroatoms. The zero-order valence-corrected chi connectivity index (χ0v) is 16.4. The Hall–Kier alpha value is -2.74. The first-order valence-corrected chi connectivity index (χ1v) is 9.68. The van der Waals surface area contributed by atoms with E-state index in [4.69, 9.17) is 0 Å². The van der Waals surface area contributed by atoms with Crippen LogP contribution in [0.5, 0.6) is 0 Å². The highest BCUT2D eigenvalue weighted by Gasteiger charge is 2.23. The zero-order valence-electron chi connectivity index (χ0n) is 16.4. The number of hydrogen-bond acceptors (Lipinski definition) is 5. The van der Waals surface area contributed by atoms with E-state index in [1.807, 2.05) is 6.92 Å². The summed E-state index contributed by atoms with van der Waals surface area (Å²) in [6, 6.07) is 6.68. The molecule has 8 nitrogen and oxygen atoms in total. The quantitative estimate of drug-likeness (QED) is 0.784. The molecule has 0 spiro atoms. The van der Waals surface area contributed by atoms with E-state index in [1.54, 1.807) is 31.4 Å². The molecule has 3 rings (SSSR count). The molecule has 1 N–H and O–H groups in total. The topological polar surface area (TPSA) is 89.2 Å². The van der Waals surface area contributed by atoms with Crippen molar-refractivity contribution in [1.82, 2.24) is 24.6 Å². The first-order valence-electron chi connectivity index (χ1n) is 9.68. The third-order valence-corrected chi connectivity index (χ3v) is 5.21. The number of rotatable bonds is 6. The third kappa shape index (κ3) is 4.75. The molecule has 1 atom stereocenters. The van der Waals surface area contributed by atoms with Gasteiger partial charge in [0.25, 0.3) is 17.0 Å². The van der Waals surface area contributed by atoms with Gasteiger partial charge >= 0.3 is 0 Å². The van der Waals surface area contributed by atoms with Gasteiger partial charge in [0.1, 0.15) is 5.56 Å². The molecule has 0 saturated carbocycles. The summed E-state index contributed by atoms with van der Waals surface area (Å²) in [5.41, 5.74) is 0.562. The number of nitrogens with one attached hydrogen (secondary N) is 1. The lowest BCUT2D eigenvalue weighted by atomic mass is 10.0. The molecule has 2 aromatic heterocycles. The summed E-state index contributed by atoms with van der Waals surface area (Å²) in [6.45, 7) is 4.48. The van der Waals surface area contributed by atoms with Gasteiger partial charge in [-0.2, -0.15) is 5.10 Å². The zero-order chi connectivity index (χ0) is 20.1. The molecule has 0 aromatic carbocycles. The lowest BCUT2D eigenvalue weighted by Gasteiger charge is -2.35. The standard InChI is InChI=1S/C20H27N5O3/c1-15-8-9-18(26)25(22-15)13-12-24-11-4-3-6-16(24)14-21-19(27)17-7-5-10-23(2)20(17)28/h5,7-10,16H,3-4,6,11-14H2,1-2H3,(H,21,27). The van der Waals surface area contributed by atoms with Gasteiger partial charge < -0.3 is 9.88 Å². The number of piperidine rings is 1. The van der Waals surface area contributed by atoms with Crippen LogP contribution in [-0.2, 0) is 13.6 Å². The Kier molecular flexibility index (Phi) is 6.41. The van der Waals surface area contributed by atoms with Crippen LogP contribution in [0.25, 0.3) is 0 Å². The van der Waals surface area contributed by atoms with Gasteiger partial charge in [-0.15, -0.1) is 0 Å². The van der Waals surface area contributed by atoms with E-state index in [1.165, 1.54) is 15.3 Å². The van der Waals surface area contributed by atoms with Gasteiger partial charge in [-0.25, -0.2) is 4.68 Å². The monoisotopic (exact) mass is 385 g/mol. The van der Waals surface area contributed by atoms with Crippen LogP contribution in [0.2, 0.25) is 0 Å². The second-order valence-corrected chi connectivity index (χ2v) is 7.27. The number of aryl methyl sites for hydroxylation is 2. The van der Waals surface area contributed by atoms with Gasteiger partial charge in [0.15, 0.2) is 0 Å². The SMILES string of the molecule is Cc1ccc(=O)n(CCN2CCCCC2CNC(=O)c2cccn(C)c2=O)n1. The maximum Gasteiger partial charge on any atom is 0.266 e. The minimum atomic E-state index is -0.344. The maximum atomic E-state index is 12.4. The fraction of sp³-hybridized carbons (Fsp3) is 0.500. The predicted molar refractivity (Wildman–Crippen MR) is 106 cm³/mol. The Morgan fingerprint density at radius 1 is 1.21 bits per heavy atom. The van der Waals surface area contributed by atoms with E-state index >= 15 is 0 Å². The minimum absolute atomic E-state index is 0.104. The molecule has 1 amide bonds. The summed E-state index contributed by atoms with van der Waals surface area (Å²) in [7, 11) is 1.63. The van der Waals surface area contributed by atoms with Crippen molar-refractivity contribution in [1.29, 1.82) is 0 Å². The second kappa shape index (κ2) is 8.97. The van der Waals surface area contributed by atoms with Gasteiger partial charge in [-0.3, -0.25) is 19.3 Å². The number of carbonyl (C=O) groups is 1. The number of carbonyl (C=O) groups excluding carboxylic acids is 1. The molecule has 150 valence electrons. The number of amides is 1. The highest BCUT2D eigenvalue weighted by molar-refractivity contribution is 5.93. The number of hydrogen-bond donors (Lipinski definition) is 1. The van der Waals surface area contributed by atoms with Crippen LogP contribution in [0.4, 0.5) is 0 Å². The van der Waals surface area contributed by atoms with Crippen LogP contribution in [0.1, 0.15) is 35.3 Å². The Balaban J connectivity index is 1.61. The summed E-state index contributed by atoms with van der Waals surface area (Å²) in [5.74, 6) is -0.344. The molecule has 28 heavy (non-hydrogen) atoms. The van der Waals surface area contributed by atoms with Gasteiger partial charge in [0, 0.05) is 38.4 Å². The largest absolute Gasteiger partial charge is 0.350 e. The summed E-state index contributed by atoms with van der Waals surface area (Å²) < 4.78 is 2.89. The summed E-state index contributed by atoms with van der Waals surface area (Å²) in [5, 5.41) is 7.19. The van der Waals surface area contributed by atoms with Crippen LogP contribution >= 0.6 is 0 Å². The van der Waals surface area contributed by atoms with Gasteiger partial charge in [0.05, 0.1) is 12.2 Å². The minimum Gasteiger partial charge on any atom is -0.350 e. The molecule has 0 aliphatic carbocycles. The first-order chi connectivity index (χ1) is 13.5. The van der Waals surface area contributed by atoms with Crippen molar-refractivity contribution in [3.63, 3.8) is 0 Å². The first kappa shape index (κ1) is 20.0. The Labute approximate surface area is 163 Å². The molecule has 1 aliphatic rings. The highest BCUT2D eigenvalue weighted by atomic mass is 16.2. The van der Waals surface area contributed by atoms with E-state index in [2.05, 4.69) is 15.3 Å². The van der Waals surface area contributed by atoms with Crippen molar-refractivity contribution < 1.29 is 4.79 Å². The van der Waals surface area contributed by atoms with Crippen LogP contribution in [0.3, 0.4) is 0 Å². The summed E-state index contributed by atoms with van der Waals surface area (Å²) >= 11 is 0. The van der Waals surface area contributed by atoms with E-state index in [9.17, 15) is 14.4 Å². The van der Waals surface area contributed by atoms with Crippen LogP contribution in [-0.4, -0.2) is 50.8 Å². The molecule has 0 radical (unpaired) electrons. The van der Waals surface area contributed by atoms with E-state index < -0.39 is 0 Å². The van der Waals surface area contributed by atoms with Crippen molar-refractivity contribution in [3.8, 4) is 0 Å². The smallest absolute Gasteiger partial charge is 0.266 e. The highest BCUT2D eigenvalue weighted by Crippen LogP contribution is 2.16. The normalized spacial score (nSPS) is 17.4. The predicted octanol–water partition coefficient (Wildman–Crippen LogP) is 0.535. The summed E-state index contributed by atoms with van der Waals surface area (Å²) in [6.07, 6.45) is 4.80. The van der Waals surface area contributed by atoms with E-state index in [0.29, 0.717) is 19.6 Å². The lowest BCUT2D eigenvalue weighted by Crippen LogP contribution is -2.48. The number of nitrogens with zero attached hydrogens (tertiary/aromatic N) is 4. The Bertz CT molecular complexity index is 949. The lowest BCUT2D eigenvalue weighted by molar-refractivity contribution is 0.0907. The molecule has 1 fully saturated rings. The average molecular weight is 385 g/mol. The number of pyridine rings is 1. The van der Waals surface area contributed by atoms with E-state index in [-0.39, 0.29) is 28.6 Å². The van der Waals surface area contributed by atoms with Crippen molar-refractivity contribution in [2.75, 3.05) is 19.6 Å². The van der Waals surface area contributed by atoms with Gasteiger partial charge in [-0.05, 0) is 44.5 Å². The van der Waals surface area contributed by atoms with Crippen molar-refractivity contribution in [2.45, 2.75) is 38.8 Å². The van der Waals surface area contributed by atoms with E-state index in [0.717, 1.165) is 31.5 Å². The fourth-order valence-electron chi connectivity index (χ4n) is 3.60. The molecular weight excluding hydrogens is 358 g/mol. The molecule has 0 bridgehead atoms. The average Bonchev–Trinajstić information content (AvgIpc) is 2.69. The second-order valence-electron chi connectivity index (χ2n) is 7.27. The van der Waals surface area contributed by atoms with Crippen LogP contribution in [0.15, 0.2) is 40.1 Å². The van der Waals surface area contributed by atoms with Crippen molar-refractivity contribution >= 4 is 5.91 Å². The van der Waals surface area contributed by atoms with Crippen LogP contribution < -0.4 is 16.4 Å². The third-order valence-electron chi connectivity index (χ3n) is 5.21. The Morgan fingerprint density at radius 3 is 2.86 bits per heavy atom. The molecule has 2 aromatic rings. The molecule has 1 aliphatic heterocycles. The molecule has 1 saturated heterocycles.